The van der Waals surface area contributed by atoms with Gasteiger partial charge in [0.1, 0.15) is 6.10 Å². The lowest BCUT2D eigenvalue weighted by Gasteiger charge is -2.22. The molecule has 0 N–H and O–H groups in total. The third-order valence-electron chi connectivity index (χ3n) is 2.61. The number of carbonyl (C=O) groups excluding carboxylic acids is 1. The molecular weight excluding hydrogens is 222 g/mol. The van der Waals surface area contributed by atoms with E-state index >= 15 is 0 Å². The van der Waals surface area contributed by atoms with Crippen molar-refractivity contribution in [2.24, 2.45) is 0 Å². The van der Waals surface area contributed by atoms with Crippen molar-refractivity contribution in [2.45, 2.75) is 18.9 Å². The molecule has 1 aliphatic heterocycles. The minimum atomic E-state index is -0.393. The SMILES string of the molecule is COC(=O)c1ccc(OC2CCOCC2)nc1. The predicted molar refractivity (Wildman–Crippen MR) is 60.0 cm³/mol. The van der Waals surface area contributed by atoms with Crippen LogP contribution < -0.4 is 4.74 Å². The van der Waals surface area contributed by atoms with E-state index in [9.17, 15) is 4.79 Å². The van der Waals surface area contributed by atoms with Gasteiger partial charge < -0.3 is 14.2 Å². The topological polar surface area (TPSA) is 57.7 Å². The Morgan fingerprint density at radius 2 is 2.18 bits per heavy atom. The van der Waals surface area contributed by atoms with E-state index in [4.69, 9.17) is 9.47 Å². The summed E-state index contributed by atoms with van der Waals surface area (Å²) in [6, 6.07) is 3.33. The minimum absolute atomic E-state index is 0.153. The molecule has 0 amide bonds. The van der Waals surface area contributed by atoms with E-state index in [1.54, 1.807) is 12.1 Å². The van der Waals surface area contributed by atoms with Crippen LogP contribution in [0, 0.1) is 0 Å². The smallest absolute Gasteiger partial charge is 0.339 e. The molecule has 0 spiro atoms. The standard InChI is InChI=1S/C12H15NO4/c1-15-12(14)9-2-3-11(13-8-9)17-10-4-6-16-7-5-10/h2-3,8,10H,4-7H2,1H3. The first kappa shape index (κ1) is 11.9. The molecule has 17 heavy (non-hydrogen) atoms. The Kier molecular flexibility index (Phi) is 3.93. The van der Waals surface area contributed by atoms with Crippen LogP contribution in [0.15, 0.2) is 18.3 Å². The van der Waals surface area contributed by atoms with Gasteiger partial charge in [0.2, 0.25) is 5.88 Å². The largest absolute Gasteiger partial charge is 0.474 e. The zero-order chi connectivity index (χ0) is 12.1. The number of aromatic nitrogens is 1. The maximum Gasteiger partial charge on any atom is 0.339 e. The van der Waals surface area contributed by atoms with Gasteiger partial charge in [-0.3, -0.25) is 0 Å². The van der Waals surface area contributed by atoms with Gasteiger partial charge in [0, 0.05) is 25.1 Å². The molecule has 0 atom stereocenters. The van der Waals surface area contributed by atoms with Crippen LogP contribution in [0.4, 0.5) is 0 Å². The number of methoxy groups -OCH3 is 1. The molecule has 5 heteroatoms. The monoisotopic (exact) mass is 237 g/mol. The van der Waals surface area contributed by atoms with E-state index < -0.39 is 5.97 Å². The normalized spacial score (nSPS) is 16.5. The summed E-state index contributed by atoms with van der Waals surface area (Å²) in [5.41, 5.74) is 0.423. The number of pyridine rings is 1. The van der Waals surface area contributed by atoms with E-state index in [1.165, 1.54) is 13.3 Å². The van der Waals surface area contributed by atoms with Gasteiger partial charge in [-0.1, -0.05) is 0 Å². The van der Waals surface area contributed by atoms with Crippen LogP contribution >= 0.6 is 0 Å². The Morgan fingerprint density at radius 3 is 2.76 bits per heavy atom. The molecule has 0 radical (unpaired) electrons. The number of esters is 1. The van der Waals surface area contributed by atoms with Gasteiger partial charge in [-0.05, 0) is 6.07 Å². The minimum Gasteiger partial charge on any atom is -0.474 e. The first-order valence-electron chi connectivity index (χ1n) is 5.58. The maximum absolute atomic E-state index is 11.2. The molecule has 5 nitrogen and oxygen atoms in total. The molecule has 2 heterocycles. The molecule has 1 aromatic rings. The fourth-order valence-corrected chi connectivity index (χ4v) is 1.65. The second-order valence-electron chi connectivity index (χ2n) is 3.81. The third kappa shape index (κ3) is 3.17. The van der Waals surface area contributed by atoms with Crippen LogP contribution in [0.2, 0.25) is 0 Å². The highest BCUT2D eigenvalue weighted by Crippen LogP contribution is 2.16. The maximum atomic E-state index is 11.2. The van der Waals surface area contributed by atoms with Crippen molar-refractivity contribution in [3.05, 3.63) is 23.9 Å². The lowest BCUT2D eigenvalue weighted by Crippen LogP contribution is -2.26. The number of hydrogen-bond donors (Lipinski definition) is 0. The fraction of sp³-hybridized carbons (Fsp3) is 0.500. The molecule has 92 valence electrons. The Morgan fingerprint density at radius 1 is 1.41 bits per heavy atom. The average Bonchev–Trinajstić information content (AvgIpc) is 2.40. The molecule has 1 aliphatic rings. The van der Waals surface area contributed by atoms with Crippen molar-refractivity contribution < 1.29 is 19.0 Å². The highest BCUT2D eigenvalue weighted by atomic mass is 16.5. The van der Waals surface area contributed by atoms with Gasteiger partial charge >= 0.3 is 5.97 Å². The van der Waals surface area contributed by atoms with Crippen molar-refractivity contribution >= 4 is 5.97 Å². The van der Waals surface area contributed by atoms with Crippen molar-refractivity contribution in [3.8, 4) is 5.88 Å². The molecule has 1 saturated heterocycles. The Balaban J connectivity index is 1.95. The summed E-state index contributed by atoms with van der Waals surface area (Å²) in [6.45, 7) is 1.45. The van der Waals surface area contributed by atoms with Crippen molar-refractivity contribution in [1.82, 2.24) is 4.98 Å². The van der Waals surface area contributed by atoms with Gasteiger partial charge in [0.05, 0.1) is 25.9 Å². The van der Waals surface area contributed by atoms with E-state index in [0.29, 0.717) is 11.4 Å². The zero-order valence-corrected chi connectivity index (χ0v) is 9.72. The lowest BCUT2D eigenvalue weighted by molar-refractivity contribution is 0.0237. The number of nitrogens with zero attached hydrogens (tertiary/aromatic N) is 1. The highest BCUT2D eigenvalue weighted by molar-refractivity contribution is 5.88. The summed E-state index contributed by atoms with van der Waals surface area (Å²) >= 11 is 0. The summed E-state index contributed by atoms with van der Waals surface area (Å²) in [5.74, 6) is 0.139. The van der Waals surface area contributed by atoms with Gasteiger partial charge in [0.25, 0.3) is 0 Å². The quantitative estimate of drug-likeness (QED) is 0.744. The van der Waals surface area contributed by atoms with E-state index in [1.807, 2.05) is 0 Å². The van der Waals surface area contributed by atoms with Crippen LogP contribution in [-0.2, 0) is 9.47 Å². The zero-order valence-electron chi connectivity index (χ0n) is 9.72. The summed E-state index contributed by atoms with van der Waals surface area (Å²) in [6.07, 6.45) is 3.36. The first-order valence-corrected chi connectivity index (χ1v) is 5.58. The van der Waals surface area contributed by atoms with Crippen LogP contribution in [0.25, 0.3) is 0 Å². The van der Waals surface area contributed by atoms with Gasteiger partial charge in [-0.2, -0.15) is 0 Å². The highest BCUT2D eigenvalue weighted by Gasteiger charge is 2.16. The molecule has 0 unspecified atom stereocenters. The van der Waals surface area contributed by atoms with E-state index in [0.717, 1.165) is 26.1 Å². The summed E-state index contributed by atoms with van der Waals surface area (Å²) < 4.78 is 15.5. The number of carbonyl (C=O) groups is 1. The summed E-state index contributed by atoms with van der Waals surface area (Å²) in [4.78, 5) is 15.3. The molecule has 1 aromatic heterocycles. The molecule has 0 bridgehead atoms. The molecule has 0 aliphatic carbocycles. The molecular formula is C12H15NO4. The van der Waals surface area contributed by atoms with Gasteiger partial charge in [-0.15, -0.1) is 0 Å². The molecule has 2 rings (SSSR count). The van der Waals surface area contributed by atoms with E-state index in [-0.39, 0.29) is 6.10 Å². The van der Waals surface area contributed by atoms with Crippen LogP contribution in [-0.4, -0.2) is 37.4 Å². The molecule has 0 aromatic carbocycles. The number of hydrogen-bond acceptors (Lipinski definition) is 5. The van der Waals surface area contributed by atoms with Crippen LogP contribution in [0.3, 0.4) is 0 Å². The lowest BCUT2D eigenvalue weighted by atomic mass is 10.1. The summed E-state index contributed by atoms with van der Waals surface area (Å²) in [5, 5.41) is 0. The first-order chi connectivity index (χ1) is 8.29. The Labute approximate surface area is 99.7 Å². The number of rotatable bonds is 3. The van der Waals surface area contributed by atoms with Crippen molar-refractivity contribution in [2.75, 3.05) is 20.3 Å². The second-order valence-corrected chi connectivity index (χ2v) is 3.81. The Bertz CT molecular complexity index is 371. The number of ether oxygens (including phenoxy) is 3. The summed E-state index contributed by atoms with van der Waals surface area (Å²) in [7, 11) is 1.34. The average molecular weight is 237 g/mol. The Hall–Kier alpha value is -1.62. The van der Waals surface area contributed by atoms with Crippen LogP contribution in [0.1, 0.15) is 23.2 Å². The van der Waals surface area contributed by atoms with Crippen LogP contribution in [0.5, 0.6) is 5.88 Å². The van der Waals surface area contributed by atoms with Crippen molar-refractivity contribution in [1.29, 1.82) is 0 Å². The van der Waals surface area contributed by atoms with Gasteiger partial charge in [-0.25, -0.2) is 9.78 Å². The fourth-order valence-electron chi connectivity index (χ4n) is 1.65. The van der Waals surface area contributed by atoms with E-state index in [2.05, 4.69) is 9.72 Å². The third-order valence-corrected chi connectivity index (χ3v) is 2.61. The predicted octanol–water partition coefficient (Wildman–Crippen LogP) is 1.43. The molecule has 1 fully saturated rings. The van der Waals surface area contributed by atoms with Gasteiger partial charge in [0.15, 0.2) is 0 Å². The second kappa shape index (κ2) is 5.63. The molecule has 0 saturated carbocycles. The van der Waals surface area contributed by atoms with Crippen molar-refractivity contribution in [3.63, 3.8) is 0 Å².